The van der Waals surface area contributed by atoms with Crippen molar-refractivity contribution >= 4 is 40.4 Å². The summed E-state index contributed by atoms with van der Waals surface area (Å²) in [5.74, 6) is 0. The highest BCUT2D eigenvalue weighted by Gasteiger charge is 2.35. The lowest BCUT2D eigenvalue weighted by Gasteiger charge is -2.37. The van der Waals surface area contributed by atoms with Crippen LogP contribution in [0, 0.1) is 0 Å². The van der Waals surface area contributed by atoms with Crippen molar-refractivity contribution in [1.82, 2.24) is 0 Å². The summed E-state index contributed by atoms with van der Waals surface area (Å²) >= 11 is 0. The van der Waals surface area contributed by atoms with Gasteiger partial charge in [-0.3, -0.25) is 0 Å². The number of rotatable bonds is 32. The Balaban J connectivity index is 6.09. The molecule has 0 aromatic heterocycles. The van der Waals surface area contributed by atoms with Crippen molar-refractivity contribution in [3.8, 4) is 0 Å². The topological polar surface area (TPSA) is 0 Å². The van der Waals surface area contributed by atoms with E-state index in [1.807, 2.05) is 0 Å². The van der Waals surface area contributed by atoms with Crippen molar-refractivity contribution in [2.75, 3.05) is 111 Å². The molecule has 0 heterocycles. The van der Waals surface area contributed by atoms with Crippen LogP contribution >= 0.6 is 0 Å². The van der Waals surface area contributed by atoms with Gasteiger partial charge in [0, 0.05) is 32.3 Å². The molecule has 4 nitrogen and oxygen atoms in total. The second kappa shape index (κ2) is 22.9. The molecule has 320 valence electrons. The molecule has 0 spiro atoms. The fourth-order valence-corrected chi connectivity index (χ4v) is 25.8. The highest BCUT2D eigenvalue weighted by Crippen LogP contribution is 2.39. The monoisotopic (exact) mass is 833 g/mol. The molecule has 0 N–H and O–H groups in total. The molecule has 0 bridgehead atoms. The van der Waals surface area contributed by atoms with E-state index in [-0.39, 0.29) is 0 Å². The third kappa shape index (κ3) is 32.6. The second-order valence-corrected chi connectivity index (χ2v) is 52.4. The SMILES string of the molecule is C[N+](C)(C)CCC[Si](C)(C)CCC[Si](CCC[Si](C)(C)CCC[N+](C)(C)C)(CCC[Si](C)(C)CCC[N+](C)(C)C)CCC[Si](C)(C)CCC[N+](C)(C)C. The smallest absolute Gasteiger partial charge is 0.0777 e. The van der Waals surface area contributed by atoms with Crippen LogP contribution in [0.15, 0.2) is 0 Å². The molecule has 0 aromatic carbocycles. The Morgan fingerprint density at radius 2 is 0.377 bits per heavy atom. The Bertz CT molecular complexity index is 811. The zero-order valence-corrected chi connectivity index (χ0v) is 46.3. The van der Waals surface area contributed by atoms with Crippen LogP contribution in [0.4, 0.5) is 0 Å². The van der Waals surface area contributed by atoms with E-state index in [1.165, 1.54) is 76.0 Å². The maximum Gasteiger partial charge on any atom is 0.0777 e. The minimum Gasteiger partial charge on any atom is -0.331 e. The normalized spacial score (nSPS) is 14.7. The van der Waals surface area contributed by atoms with Gasteiger partial charge in [-0.1, -0.05) is 151 Å². The maximum absolute atomic E-state index is 2.74. The molecule has 0 unspecified atom stereocenters. The first-order valence-corrected chi connectivity index (χ1v) is 39.4. The molecular formula is C44H108N4Si5+4. The third-order valence-corrected chi connectivity index (χ3v) is 32.3. The number of quaternary nitrogens is 4. The average Bonchev–Trinajstić information content (AvgIpc) is 2.89. The van der Waals surface area contributed by atoms with Gasteiger partial charge in [-0.25, -0.2) is 0 Å². The highest BCUT2D eigenvalue weighted by atomic mass is 28.3. The van der Waals surface area contributed by atoms with Gasteiger partial charge in [0.05, 0.1) is 119 Å². The first-order chi connectivity index (χ1) is 23.7. The zero-order chi connectivity index (χ0) is 41.5. The van der Waals surface area contributed by atoms with Crippen molar-refractivity contribution in [2.24, 2.45) is 0 Å². The predicted molar refractivity (Wildman–Crippen MR) is 262 cm³/mol. The van der Waals surface area contributed by atoms with E-state index < -0.39 is 40.4 Å². The van der Waals surface area contributed by atoms with Gasteiger partial charge < -0.3 is 17.9 Å². The predicted octanol–water partition coefficient (Wildman–Crippen LogP) is 12.2. The molecule has 9 heteroatoms. The van der Waals surface area contributed by atoms with Crippen LogP contribution in [0.2, 0.25) is 125 Å². The number of nitrogens with zero attached hydrogens (tertiary/aromatic N) is 4. The molecule has 0 rings (SSSR count). The van der Waals surface area contributed by atoms with Crippen molar-refractivity contribution in [3.05, 3.63) is 0 Å². The Labute approximate surface area is 343 Å². The van der Waals surface area contributed by atoms with Crippen LogP contribution in [0.3, 0.4) is 0 Å². The summed E-state index contributed by atoms with van der Waals surface area (Å²) in [5, 5.41) is 0. The van der Waals surface area contributed by atoms with Crippen LogP contribution in [0.1, 0.15) is 51.4 Å². The number of hydrogen-bond donors (Lipinski definition) is 0. The summed E-state index contributed by atoms with van der Waals surface area (Å²) in [6, 6.07) is 19.1. The van der Waals surface area contributed by atoms with Gasteiger partial charge in [-0.2, -0.15) is 0 Å². The molecule has 0 fully saturated rings. The molecule has 0 saturated carbocycles. The van der Waals surface area contributed by atoms with Crippen molar-refractivity contribution in [2.45, 2.75) is 176 Å². The molecule has 53 heavy (non-hydrogen) atoms. The van der Waals surface area contributed by atoms with Gasteiger partial charge in [-0.05, 0) is 25.7 Å². The van der Waals surface area contributed by atoms with Gasteiger partial charge in [0.15, 0.2) is 0 Å². The molecule has 0 aliphatic rings. The van der Waals surface area contributed by atoms with Crippen molar-refractivity contribution < 1.29 is 17.9 Å². The molecule has 0 amide bonds. The van der Waals surface area contributed by atoms with E-state index >= 15 is 0 Å². The summed E-state index contributed by atoms with van der Waals surface area (Å²) in [6.07, 6.45) is 12.0. The molecule has 0 aliphatic heterocycles. The first-order valence-electron chi connectivity index (χ1n) is 22.9. The van der Waals surface area contributed by atoms with Crippen molar-refractivity contribution in [3.63, 3.8) is 0 Å². The average molecular weight is 834 g/mol. The van der Waals surface area contributed by atoms with E-state index in [2.05, 4.69) is 137 Å². The van der Waals surface area contributed by atoms with E-state index in [1.54, 1.807) is 74.0 Å². The molecular weight excluding hydrogens is 725 g/mol. The first kappa shape index (κ1) is 53.9. The summed E-state index contributed by atoms with van der Waals surface area (Å²) < 4.78 is 4.50. The van der Waals surface area contributed by atoms with Gasteiger partial charge in [-0.15, -0.1) is 0 Å². The van der Waals surface area contributed by atoms with E-state index in [0.717, 1.165) is 17.9 Å². The molecule has 0 radical (unpaired) electrons. The van der Waals surface area contributed by atoms with E-state index in [0.29, 0.717) is 0 Å². The lowest BCUT2D eigenvalue weighted by atomic mass is 10.4. The fraction of sp³-hybridized carbons (Fsp3) is 1.00. The van der Waals surface area contributed by atoms with Crippen LogP contribution in [0.25, 0.3) is 0 Å². The standard InChI is InChI=1S/C44H108N4Si5/c1-45(2,3)29-21-33-49(13,14)37-25-41-53(42-26-38-50(15,16)34-22-30-46(4,5)6,43-27-39-51(17,18)35-23-31-47(7,8)9)44-28-40-52(19,20)36-24-32-48(10,11)12/h21-44H2,1-20H3/q+4. The fourth-order valence-electron chi connectivity index (χ4n) is 9.15. The summed E-state index contributed by atoms with van der Waals surface area (Å²) in [5.41, 5.74) is 0. The quantitative estimate of drug-likeness (QED) is 0.0468. The minimum atomic E-state index is -1.36. The lowest BCUT2D eigenvalue weighted by molar-refractivity contribution is -0.870. The Hall–Kier alpha value is 0.924. The molecule has 0 aromatic rings. The van der Waals surface area contributed by atoms with Gasteiger partial charge in [0.25, 0.3) is 0 Å². The molecule has 0 saturated heterocycles. The van der Waals surface area contributed by atoms with Gasteiger partial charge in [0.1, 0.15) is 0 Å². The molecule has 0 aliphatic carbocycles. The van der Waals surface area contributed by atoms with E-state index in [4.69, 9.17) is 0 Å². The largest absolute Gasteiger partial charge is 0.331 e. The second-order valence-electron chi connectivity index (χ2n) is 26.0. The Morgan fingerprint density at radius 3 is 0.528 bits per heavy atom. The maximum atomic E-state index is 2.74. The number of hydrogen-bond acceptors (Lipinski definition) is 0. The van der Waals surface area contributed by atoms with Crippen LogP contribution in [-0.2, 0) is 0 Å². The molecule has 0 atom stereocenters. The van der Waals surface area contributed by atoms with Crippen molar-refractivity contribution in [1.29, 1.82) is 0 Å². The summed E-state index contributed by atoms with van der Waals surface area (Å²) in [7, 11) is 22.6. The lowest BCUT2D eigenvalue weighted by Crippen LogP contribution is -2.39. The van der Waals surface area contributed by atoms with Gasteiger partial charge in [0.2, 0.25) is 0 Å². The van der Waals surface area contributed by atoms with Crippen LogP contribution in [0.5, 0.6) is 0 Å². The van der Waals surface area contributed by atoms with E-state index in [9.17, 15) is 0 Å². The van der Waals surface area contributed by atoms with Crippen LogP contribution < -0.4 is 0 Å². The summed E-state index contributed by atoms with van der Waals surface area (Å²) in [4.78, 5) is 0. The summed E-state index contributed by atoms with van der Waals surface area (Å²) in [6.45, 7) is 27.3. The zero-order valence-electron chi connectivity index (χ0n) is 41.3. The minimum absolute atomic E-state index is 1.12. The Morgan fingerprint density at radius 1 is 0.226 bits per heavy atom. The third-order valence-electron chi connectivity index (χ3n) is 13.0. The van der Waals surface area contributed by atoms with Crippen LogP contribution in [-0.4, -0.2) is 169 Å². The van der Waals surface area contributed by atoms with Gasteiger partial charge >= 0.3 is 0 Å². The highest BCUT2D eigenvalue weighted by molar-refractivity contribution is 6.82. The Kier molecular flexibility index (Phi) is 23.3.